The van der Waals surface area contributed by atoms with Gasteiger partial charge in [0.05, 0.1) is 6.07 Å². The molecule has 21 heavy (non-hydrogen) atoms. The molecule has 1 aromatic carbocycles. The van der Waals surface area contributed by atoms with Crippen molar-refractivity contribution in [3.63, 3.8) is 0 Å². The average Bonchev–Trinajstić information content (AvgIpc) is 2.49. The van der Waals surface area contributed by atoms with Crippen molar-refractivity contribution in [2.75, 3.05) is 0 Å². The summed E-state index contributed by atoms with van der Waals surface area (Å²) in [5, 5.41) is 11.6. The maximum atomic E-state index is 13.1. The summed E-state index contributed by atoms with van der Waals surface area (Å²) in [6.07, 6.45) is -1.71. The minimum absolute atomic E-state index is 0.0725. The van der Waals surface area contributed by atoms with Crippen LogP contribution in [0.25, 0.3) is 0 Å². The van der Waals surface area contributed by atoms with E-state index in [0.717, 1.165) is 5.56 Å². The number of rotatable bonds is 3. The van der Waals surface area contributed by atoms with Crippen molar-refractivity contribution in [3.05, 3.63) is 35.9 Å². The van der Waals surface area contributed by atoms with E-state index in [1.54, 1.807) is 12.1 Å². The molecule has 1 aromatic rings. The molecule has 0 unspecified atom stereocenters. The van der Waals surface area contributed by atoms with E-state index in [1.807, 2.05) is 24.3 Å². The molecule has 6 heteroatoms. The van der Waals surface area contributed by atoms with Crippen LogP contribution in [0, 0.1) is 11.3 Å². The van der Waals surface area contributed by atoms with E-state index in [4.69, 9.17) is 4.74 Å². The normalized spacial score (nSPS) is 19.3. The van der Waals surface area contributed by atoms with Crippen LogP contribution in [-0.4, -0.2) is 17.6 Å². The van der Waals surface area contributed by atoms with Crippen molar-refractivity contribution < 1.29 is 18.3 Å². The van der Waals surface area contributed by atoms with Gasteiger partial charge in [0.2, 0.25) is 5.92 Å². The lowest BCUT2D eigenvalue weighted by molar-refractivity contribution is -0.0481. The molecular formula is C15H16F2N2O2. The van der Waals surface area contributed by atoms with Gasteiger partial charge < -0.3 is 10.1 Å². The van der Waals surface area contributed by atoms with E-state index in [1.165, 1.54) is 0 Å². The summed E-state index contributed by atoms with van der Waals surface area (Å²) in [6.45, 7) is 0.0738. The SMILES string of the molecule is N#CC1(NC(=O)OCc2ccccc2)CCC(F)(F)CC1. The Hall–Kier alpha value is -2.16. The molecule has 1 aliphatic carbocycles. The molecule has 0 aromatic heterocycles. The number of nitrogens with zero attached hydrogens (tertiary/aromatic N) is 1. The molecule has 1 amide bonds. The largest absolute Gasteiger partial charge is 0.445 e. The van der Waals surface area contributed by atoms with Crippen molar-refractivity contribution in [1.82, 2.24) is 5.32 Å². The first-order valence-corrected chi connectivity index (χ1v) is 6.73. The summed E-state index contributed by atoms with van der Waals surface area (Å²) in [5.74, 6) is -2.75. The number of carbonyl (C=O) groups is 1. The molecule has 0 heterocycles. The number of halogens is 2. The first-order chi connectivity index (χ1) is 9.95. The fourth-order valence-electron chi connectivity index (χ4n) is 2.26. The van der Waals surface area contributed by atoms with E-state index in [-0.39, 0.29) is 19.4 Å². The zero-order valence-electron chi connectivity index (χ0n) is 11.4. The van der Waals surface area contributed by atoms with Crippen molar-refractivity contribution >= 4 is 6.09 Å². The highest BCUT2D eigenvalue weighted by atomic mass is 19.3. The minimum atomic E-state index is -2.75. The molecule has 0 bridgehead atoms. The number of hydrogen-bond donors (Lipinski definition) is 1. The summed E-state index contributed by atoms with van der Waals surface area (Å²) in [7, 11) is 0. The zero-order valence-corrected chi connectivity index (χ0v) is 11.4. The van der Waals surface area contributed by atoms with Gasteiger partial charge in [-0.3, -0.25) is 0 Å². The number of alkyl halides is 2. The van der Waals surface area contributed by atoms with Gasteiger partial charge in [0.15, 0.2) is 0 Å². The molecule has 1 aliphatic rings. The third kappa shape index (κ3) is 4.15. The lowest BCUT2D eigenvalue weighted by Crippen LogP contribution is -2.51. The van der Waals surface area contributed by atoms with Crippen molar-refractivity contribution in [3.8, 4) is 6.07 Å². The second-order valence-electron chi connectivity index (χ2n) is 5.24. The number of hydrogen-bond acceptors (Lipinski definition) is 3. The molecule has 2 rings (SSSR count). The van der Waals surface area contributed by atoms with Gasteiger partial charge in [-0.05, 0) is 18.4 Å². The highest BCUT2D eigenvalue weighted by Crippen LogP contribution is 2.38. The minimum Gasteiger partial charge on any atom is -0.445 e. The first kappa shape index (κ1) is 15.2. The Balaban J connectivity index is 1.88. The Kier molecular flexibility index (Phi) is 4.41. The monoisotopic (exact) mass is 294 g/mol. The molecule has 0 atom stereocenters. The van der Waals surface area contributed by atoms with Gasteiger partial charge in [-0.2, -0.15) is 5.26 Å². The smallest absolute Gasteiger partial charge is 0.408 e. The Bertz CT molecular complexity index is 530. The highest BCUT2D eigenvalue weighted by Gasteiger charge is 2.44. The molecule has 4 nitrogen and oxygen atoms in total. The van der Waals surface area contributed by atoms with Gasteiger partial charge in [-0.1, -0.05) is 30.3 Å². The molecule has 1 fully saturated rings. The zero-order chi connectivity index (χ0) is 15.3. The van der Waals surface area contributed by atoms with E-state index in [9.17, 15) is 18.8 Å². The highest BCUT2D eigenvalue weighted by molar-refractivity contribution is 5.69. The summed E-state index contributed by atoms with van der Waals surface area (Å²) in [4.78, 5) is 11.7. The first-order valence-electron chi connectivity index (χ1n) is 6.73. The molecule has 1 saturated carbocycles. The number of alkyl carbamates (subject to hydrolysis) is 1. The fraction of sp³-hybridized carbons (Fsp3) is 0.467. The number of nitrogens with one attached hydrogen (secondary N) is 1. The number of benzene rings is 1. The van der Waals surface area contributed by atoms with Gasteiger partial charge in [0.25, 0.3) is 0 Å². The maximum Gasteiger partial charge on any atom is 0.408 e. The summed E-state index contributed by atoms with van der Waals surface area (Å²) >= 11 is 0. The van der Waals surface area contributed by atoms with Gasteiger partial charge in [-0.25, -0.2) is 13.6 Å². The topological polar surface area (TPSA) is 62.1 Å². The number of carbonyl (C=O) groups excluding carboxylic acids is 1. The second kappa shape index (κ2) is 6.08. The van der Waals surface area contributed by atoms with Gasteiger partial charge in [-0.15, -0.1) is 0 Å². The van der Waals surface area contributed by atoms with Crippen LogP contribution >= 0.6 is 0 Å². The van der Waals surface area contributed by atoms with Crippen LogP contribution < -0.4 is 5.32 Å². The fourth-order valence-corrected chi connectivity index (χ4v) is 2.26. The van der Waals surface area contributed by atoms with Crippen molar-refractivity contribution in [2.24, 2.45) is 0 Å². The third-order valence-electron chi connectivity index (χ3n) is 3.60. The molecule has 0 aliphatic heterocycles. The predicted octanol–water partition coefficient (Wildman–Crippen LogP) is 3.38. The lowest BCUT2D eigenvalue weighted by Gasteiger charge is -2.34. The van der Waals surface area contributed by atoms with Gasteiger partial charge >= 0.3 is 6.09 Å². The molecule has 0 spiro atoms. The molecule has 0 saturated heterocycles. The Morgan fingerprint density at radius 3 is 2.43 bits per heavy atom. The third-order valence-corrected chi connectivity index (χ3v) is 3.60. The van der Waals surface area contributed by atoms with Crippen LogP contribution in [0.4, 0.5) is 13.6 Å². The van der Waals surface area contributed by atoms with E-state index >= 15 is 0 Å². The predicted molar refractivity (Wildman–Crippen MR) is 71.5 cm³/mol. The van der Waals surface area contributed by atoms with Crippen LogP contribution in [0.15, 0.2) is 30.3 Å². The van der Waals surface area contributed by atoms with Gasteiger partial charge in [0.1, 0.15) is 12.1 Å². The van der Waals surface area contributed by atoms with Crippen molar-refractivity contribution in [1.29, 1.82) is 5.26 Å². The number of nitriles is 1. The maximum absolute atomic E-state index is 13.1. The Labute approximate surface area is 121 Å². The van der Waals surface area contributed by atoms with E-state index in [2.05, 4.69) is 5.32 Å². The second-order valence-corrected chi connectivity index (χ2v) is 5.24. The molecular weight excluding hydrogens is 278 g/mol. The number of amides is 1. The number of ether oxygens (including phenoxy) is 1. The Morgan fingerprint density at radius 1 is 1.24 bits per heavy atom. The van der Waals surface area contributed by atoms with Crippen molar-refractivity contribution in [2.45, 2.75) is 43.8 Å². The summed E-state index contributed by atoms with van der Waals surface area (Å²) in [6, 6.07) is 11.0. The van der Waals surface area contributed by atoms with Crippen LogP contribution in [0.2, 0.25) is 0 Å². The summed E-state index contributed by atoms with van der Waals surface area (Å²) < 4.78 is 31.3. The van der Waals surface area contributed by atoms with Gasteiger partial charge in [0, 0.05) is 12.8 Å². The quantitative estimate of drug-likeness (QED) is 0.929. The average molecular weight is 294 g/mol. The van der Waals surface area contributed by atoms with Crippen LogP contribution in [0.3, 0.4) is 0 Å². The summed E-state index contributed by atoms with van der Waals surface area (Å²) in [5.41, 5.74) is -0.441. The van der Waals surface area contributed by atoms with E-state index < -0.39 is 30.4 Å². The van der Waals surface area contributed by atoms with Crippen LogP contribution in [-0.2, 0) is 11.3 Å². The molecule has 0 radical (unpaired) electrons. The Morgan fingerprint density at radius 2 is 1.86 bits per heavy atom. The van der Waals surface area contributed by atoms with Crippen LogP contribution in [0.5, 0.6) is 0 Å². The van der Waals surface area contributed by atoms with E-state index in [0.29, 0.717) is 0 Å². The lowest BCUT2D eigenvalue weighted by atomic mass is 9.81. The molecule has 1 N–H and O–H groups in total. The molecule has 112 valence electrons. The van der Waals surface area contributed by atoms with Crippen LogP contribution in [0.1, 0.15) is 31.2 Å². The standard InChI is InChI=1S/C15H16F2N2O2/c16-15(17)8-6-14(11-18,7-9-15)19-13(20)21-10-12-4-2-1-3-5-12/h1-5H,6-10H2,(H,19,20).